The molecule has 642 valence electrons. The lowest BCUT2D eigenvalue weighted by Gasteiger charge is -2.21. The van der Waals surface area contributed by atoms with Crippen LogP contribution in [0.1, 0.15) is 484 Å². The van der Waals surface area contributed by atoms with Crippen molar-refractivity contribution in [3.05, 3.63) is 0 Å². The molecule has 0 saturated carbocycles. The number of hydrogen-bond donors (Lipinski definition) is 3. The second kappa shape index (κ2) is 81.6. The summed E-state index contributed by atoms with van der Waals surface area (Å²) < 4.78 is 68.9. The van der Waals surface area contributed by atoms with Gasteiger partial charge in [-0.15, -0.1) is 0 Å². The molecule has 0 aliphatic heterocycles. The Labute approximate surface area is 664 Å². The van der Waals surface area contributed by atoms with Crippen LogP contribution in [-0.4, -0.2) is 96.7 Å². The van der Waals surface area contributed by atoms with E-state index in [9.17, 15) is 43.2 Å². The Balaban J connectivity index is 5.20. The standard InChI is InChI=1S/C89H174O17P2/c1-6-10-13-16-19-22-24-26-28-30-32-33-34-36-38-40-45-49-54-59-64-69-74-89(94)106-85(79-100-87(92)73-68-63-58-53-48-44-39-37-35-31-29-27-25-23-20-17-14-11-7-2)81-104-108(97,98)102-77-83(90)76-101-107(95,96)103-80-84(78-99-86(91)72-67-62-57-51-21-18-15-12-8-3)105-88(93)75-70-65-60-55-50-46-42-41-43-47-52-56-61-66-71-82(5)9-4/h82-85,90H,6-81H2,1-5H3,(H,95,96)(H,97,98)/t82?,83-,84+,85+/m0/s1. The number of aliphatic hydroxyl groups is 1. The van der Waals surface area contributed by atoms with Gasteiger partial charge in [0.2, 0.25) is 0 Å². The van der Waals surface area contributed by atoms with Crippen LogP contribution in [0.25, 0.3) is 0 Å². The van der Waals surface area contributed by atoms with E-state index in [-0.39, 0.29) is 25.7 Å². The Kier molecular flexibility index (Phi) is 80.2. The molecular weight excluding hydrogens is 1400 g/mol. The van der Waals surface area contributed by atoms with E-state index >= 15 is 0 Å². The first-order chi connectivity index (χ1) is 52.6. The molecule has 0 aromatic heterocycles. The normalized spacial score (nSPS) is 14.0. The first-order valence-electron chi connectivity index (χ1n) is 46.2. The van der Waals surface area contributed by atoms with Crippen molar-refractivity contribution in [1.29, 1.82) is 0 Å². The lowest BCUT2D eigenvalue weighted by molar-refractivity contribution is -0.161. The topological polar surface area (TPSA) is 237 Å². The molecule has 0 fully saturated rings. The van der Waals surface area contributed by atoms with Gasteiger partial charge in [0.25, 0.3) is 0 Å². The van der Waals surface area contributed by atoms with Crippen LogP contribution in [0.4, 0.5) is 0 Å². The molecule has 0 radical (unpaired) electrons. The second-order valence-corrected chi connectivity index (χ2v) is 35.1. The van der Waals surface area contributed by atoms with Gasteiger partial charge in [-0.3, -0.25) is 37.3 Å². The quantitative estimate of drug-likeness (QED) is 0.0222. The Morgan fingerprint density at radius 2 is 0.444 bits per heavy atom. The van der Waals surface area contributed by atoms with Crippen LogP contribution in [0, 0.1) is 5.92 Å². The van der Waals surface area contributed by atoms with E-state index in [1.165, 1.54) is 308 Å². The smallest absolute Gasteiger partial charge is 0.462 e. The van der Waals surface area contributed by atoms with Gasteiger partial charge in [0.05, 0.1) is 26.4 Å². The molecule has 3 N–H and O–H groups in total. The molecule has 0 heterocycles. The summed E-state index contributed by atoms with van der Waals surface area (Å²) in [6.07, 6.45) is 76.5. The van der Waals surface area contributed by atoms with Crippen molar-refractivity contribution < 1.29 is 80.2 Å². The molecule has 0 aliphatic rings. The third-order valence-corrected chi connectivity index (χ3v) is 23.3. The third-order valence-electron chi connectivity index (χ3n) is 21.4. The van der Waals surface area contributed by atoms with Crippen LogP contribution < -0.4 is 0 Å². The van der Waals surface area contributed by atoms with Gasteiger partial charge in [-0.2, -0.15) is 0 Å². The van der Waals surface area contributed by atoms with Gasteiger partial charge in [0, 0.05) is 25.7 Å². The highest BCUT2D eigenvalue weighted by Gasteiger charge is 2.31. The van der Waals surface area contributed by atoms with Crippen LogP contribution in [0.3, 0.4) is 0 Å². The molecule has 0 aliphatic carbocycles. The Morgan fingerprint density at radius 3 is 0.657 bits per heavy atom. The highest BCUT2D eigenvalue weighted by molar-refractivity contribution is 7.47. The van der Waals surface area contributed by atoms with Crippen molar-refractivity contribution in [3.63, 3.8) is 0 Å². The minimum atomic E-state index is -4.97. The van der Waals surface area contributed by atoms with E-state index in [1.807, 2.05) is 0 Å². The van der Waals surface area contributed by atoms with Gasteiger partial charge >= 0.3 is 39.5 Å². The van der Waals surface area contributed by atoms with Gasteiger partial charge in [-0.05, 0) is 31.6 Å². The van der Waals surface area contributed by atoms with Gasteiger partial charge in [0.15, 0.2) is 12.2 Å². The lowest BCUT2D eigenvalue weighted by atomic mass is 9.99. The summed E-state index contributed by atoms with van der Waals surface area (Å²) in [5, 5.41) is 10.7. The number of esters is 4. The second-order valence-electron chi connectivity index (χ2n) is 32.2. The lowest BCUT2D eigenvalue weighted by Crippen LogP contribution is -2.30. The minimum absolute atomic E-state index is 0.108. The van der Waals surface area contributed by atoms with Gasteiger partial charge in [-0.25, -0.2) is 9.13 Å². The zero-order valence-electron chi connectivity index (χ0n) is 71.0. The highest BCUT2D eigenvalue weighted by atomic mass is 31.2. The van der Waals surface area contributed by atoms with Crippen molar-refractivity contribution in [1.82, 2.24) is 0 Å². The fourth-order valence-corrected chi connectivity index (χ4v) is 15.5. The average Bonchev–Trinajstić information content (AvgIpc) is 0.900. The monoisotopic (exact) mass is 1580 g/mol. The fourth-order valence-electron chi connectivity index (χ4n) is 14.0. The summed E-state index contributed by atoms with van der Waals surface area (Å²) in [6, 6.07) is 0. The summed E-state index contributed by atoms with van der Waals surface area (Å²) in [7, 11) is -9.93. The SMILES string of the molecule is CCCCCCCCCCCCCCCCCCCCCCCCC(=O)O[C@H](COC(=O)CCCCCCCCCCCCCCCCCCCCC)COP(=O)(O)OC[C@@H](O)COP(=O)(O)OC[C@@H](COC(=O)CCCCCCCCCCC)OC(=O)CCCCCCCCCCCCCCCCC(C)CC. The van der Waals surface area contributed by atoms with Crippen molar-refractivity contribution in [2.75, 3.05) is 39.6 Å². The molecule has 108 heavy (non-hydrogen) atoms. The first-order valence-corrected chi connectivity index (χ1v) is 49.2. The van der Waals surface area contributed by atoms with E-state index < -0.39 is 97.5 Å². The molecule has 0 spiro atoms. The molecular formula is C89H174O17P2. The third kappa shape index (κ3) is 80.7. The predicted molar refractivity (Wildman–Crippen MR) is 446 cm³/mol. The van der Waals surface area contributed by atoms with E-state index in [4.69, 9.17) is 37.0 Å². The molecule has 3 unspecified atom stereocenters. The van der Waals surface area contributed by atoms with E-state index in [1.54, 1.807) is 0 Å². The van der Waals surface area contributed by atoms with Crippen LogP contribution in [-0.2, 0) is 65.4 Å². The molecule has 17 nitrogen and oxygen atoms in total. The molecule has 0 bridgehead atoms. The fraction of sp³-hybridized carbons (Fsp3) is 0.955. The van der Waals surface area contributed by atoms with Crippen molar-refractivity contribution in [2.45, 2.75) is 502 Å². The number of aliphatic hydroxyl groups excluding tert-OH is 1. The minimum Gasteiger partial charge on any atom is -0.462 e. The van der Waals surface area contributed by atoms with Gasteiger partial charge in [-0.1, -0.05) is 433 Å². The summed E-state index contributed by atoms with van der Waals surface area (Å²) in [5.74, 6) is -1.25. The van der Waals surface area contributed by atoms with E-state index in [0.29, 0.717) is 25.7 Å². The maximum Gasteiger partial charge on any atom is 0.472 e. The maximum atomic E-state index is 13.2. The summed E-state index contributed by atoms with van der Waals surface area (Å²) >= 11 is 0. The average molecular weight is 1580 g/mol. The number of carbonyl (C=O) groups is 4. The zero-order valence-corrected chi connectivity index (χ0v) is 72.8. The maximum absolute atomic E-state index is 13.2. The Morgan fingerprint density at radius 1 is 0.259 bits per heavy atom. The van der Waals surface area contributed by atoms with Crippen LogP contribution in [0.5, 0.6) is 0 Å². The molecule has 0 aromatic rings. The van der Waals surface area contributed by atoms with Crippen molar-refractivity contribution >= 4 is 39.5 Å². The predicted octanol–water partition coefficient (Wildman–Crippen LogP) is 27.5. The van der Waals surface area contributed by atoms with Gasteiger partial charge in [0.1, 0.15) is 19.3 Å². The summed E-state index contributed by atoms with van der Waals surface area (Å²) in [6.45, 7) is 7.42. The molecule has 6 atom stereocenters. The number of phosphoric ester groups is 2. The number of phosphoric acid groups is 2. The number of hydrogen-bond acceptors (Lipinski definition) is 15. The van der Waals surface area contributed by atoms with Crippen LogP contribution in [0.15, 0.2) is 0 Å². The molecule has 0 aromatic carbocycles. The molecule has 0 rings (SSSR count). The van der Waals surface area contributed by atoms with Crippen molar-refractivity contribution in [3.8, 4) is 0 Å². The largest absolute Gasteiger partial charge is 0.472 e. The first kappa shape index (κ1) is 106. The van der Waals surface area contributed by atoms with E-state index in [0.717, 1.165) is 95.8 Å². The number of carbonyl (C=O) groups excluding carboxylic acids is 4. The molecule has 0 saturated heterocycles. The molecule has 0 amide bonds. The number of ether oxygens (including phenoxy) is 4. The van der Waals surface area contributed by atoms with E-state index in [2.05, 4.69) is 34.6 Å². The number of unbranched alkanes of at least 4 members (excludes halogenated alkanes) is 60. The number of rotatable bonds is 89. The van der Waals surface area contributed by atoms with Crippen LogP contribution >= 0.6 is 15.6 Å². The Bertz CT molecular complexity index is 2050. The highest BCUT2D eigenvalue weighted by Crippen LogP contribution is 2.45. The summed E-state index contributed by atoms with van der Waals surface area (Å²) in [5.41, 5.74) is 0. The van der Waals surface area contributed by atoms with Crippen molar-refractivity contribution in [2.24, 2.45) is 5.92 Å². The van der Waals surface area contributed by atoms with Gasteiger partial charge < -0.3 is 33.8 Å². The van der Waals surface area contributed by atoms with Crippen LogP contribution in [0.2, 0.25) is 0 Å². The summed E-state index contributed by atoms with van der Waals surface area (Å²) in [4.78, 5) is 73.3. The molecule has 19 heteroatoms. The Hall–Kier alpha value is -1.94. The zero-order chi connectivity index (χ0) is 79.0.